The summed E-state index contributed by atoms with van der Waals surface area (Å²) in [6.45, 7) is 1.53. The second-order valence-corrected chi connectivity index (χ2v) is 4.75. The van der Waals surface area contributed by atoms with Crippen LogP contribution < -0.4 is 10.5 Å². The second-order valence-electron chi connectivity index (χ2n) is 4.34. The highest BCUT2D eigenvalue weighted by molar-refractivity contribution is 6.30. The molecule has 0 aliphatic heterocycles. The quantitative estimate of drug-likeness (QED) is 0.873. The molecule has 6 nitrogen and oxygen atoms in total. The number of anilines is 1. The highest BCUT2D eigenvalue weighted by Gasteiger charge is 2.22. The van der Waals surface area contributed by atoms with Crippen molar-refractivity contribution in [2.75, 3.05) is 20.0 Å². The maximum Gasteiger partial charge on any atom is 0.360 e. The monoisotopic (exact) mass is 325 g/mol. The summed E-state index contributed by atoms with van der Waals surface area (Å²) in [7, 11) is 2.53. The van der Waals surface area contributed by atoms with Crippen LogP contribution in [0.15, 0.2) is 12.1 Å². The summed E-state index contributed by atoms with van der Waals surface area (Å²) in [6.07, 6.45) is 0. The number of hydrogen-bond donors (Lipinski definition) is 1. The van der Waals surface area contributed by atoms with E-state index in [9.17, 15) is 9.18 Å². The van der Waals surface area contributed by atoms with Crippen LogP contribution in [0.25, 0.3) is 11.4 Å². The predicted octanol–water partition coefficient (Wildman–Crippen LogP) is 2.62. The average Bonchev–Trinajstić information content (AvgIpc) is 2.51. The van der Waals surface area contributed by atoms with E-state index in [-0.39, 0.29) is 33.7 Å². The number of hydrogen-bond acceptors (Lipinski definition) is 6. The number of nitrogens with zero attached hydrogens (tertiary/aromatic N) is 2. The van der Waals surface area contributed by atoms with Gasteiger partial charge >= 0.3 is 5.97 Å². The summed E-state index contributed by atoms with van der Waals surface area (Å²) in [6, 6.07) is 2.92. The van der Waals surface area contributed by atoms with Crippen LogP contribution in [0.5, 0.6) is 5.75 Å². The largest absolute Gasteiger partial charge is 0.491 e. The number of halogens is 2. The molecule has 2 N–H and O–H groups in total. The summed E-state index contributed by atoms with van der Waals surface area (Å²) < 4.78 is 23.6. The lowest BCUT2D eigenvalue weighted by atomic mass is 10.1. The lowest BCUT2D eigenvalue weighted by molar-refractivity contribution is 0.0590. The Morgan fingerprint density at radius 1 is 1.32 bits per heavy atom. The van der Waals surface area contributed by atoms with Crippen LogP contribution in [0.1, 0.15) is 16.1 Å². The Hall–Kier alpha value is -2.41. The van der Waals surface area contributed by atoms with Crippen LogP contribution in [-0.2, 0) is 4.74 Å². The van der Waals surface area contributed by atoms with Gasteiger partial charge in [-0.05, 0) is 24.6 Å². The van der Waals surface area contributed by atoms with Crippen LogP contribution >= 0.6 is 11.6 Å². The lowest BCUT2D eigenvalue weighted by Crippen LogP contribution is -2.12. The van der Waals surface area contributed by atoms with E-state index < -0.39 is 11.8 Å². The van der Waals surface area contributed by atoms with Gasteiger partial charge in [-0.3, -0.25) is 0 Å². The molecule has 1 aromatic heterocycles. The van der Waals surface area contributed by atoms with E-state index in [1.54, 1.807) is 6.07 Å². The van der Waals surface area contributed by atoms with Crippen molar-refractivity contribution in [2.24, 2.45) is 0 Å². The molecule has 0 fully saturated rings. The van der Waals surface area contributed by atoms with Gasteiger partial charge in [0.05, 0.1) is 19.2 Å². The third-order valence-corrected chi connectivity index (χ3v) is 3.35. The number of esters is 1. The SMILES string of the molecule is COC(=O)c1nc(-c2ccc(Cl)c(F)c2C)nc(N)c1OC. The smallest absolute Gasteiger partial charge is 0.360 e. The third-order valence-electron chi connectivity index (χ3n) is 3.05. The van der Waals surface area contributed by atoms with Crippen LogP contribution in [0.3, 0.4) is 0 Å². The molecule has 0 radical (unpaired) electrons. The minimum Gasteiger partial charge on any atom is -0.491 e. The first-order valence-corrected chi connectivity index (χ1v) is 6.53. The van der Waals surface area contributed by atoms with Crippen LogP contribution in [0.2, 0.25) is 5.02 Å². The molecule has 8 heteroatoms. The van der Waals surface area contributed by atoms with Gasteiger partial charge in [0, 0.05) is 5.56 Å². The number of carbonyl (C=O) groups is 1. The number of nitrogens with two attached hydrogens (primary N) is 1. The molecule has 2 rings (SSSR count). The molecule has 0 saturated heterocycles. The standard InChI is InChI=1S/C14H13ClFN3O3/c1-6-7(4-5-8(15)9(6)16)13-18-10(14(20)22-3)11(21-2)12(17)19-13/h4-5H,1-3H3,(H2,17,18,19). The molecule has 0 saturated carbocycles. The Morgan fingerprint density at radius 2 is 2.00 bits per heavy atom. The number of ether oxygens (including phenoxy) is 2. The van der Waals surface area contributed by atoms with E-state index >= 15 is 0 Å². The summed E-state index contributed by atoms with van der Waals surface area (Å²) in [5.41, 5.74) is 6.25. The number of carbonyl (C=O) groups excluding carboxylic acids is 1. The fourth-order valence-electron chi connectivity index (χ4n) is 1.92. The first-order valence-electron chi connectivity index (χ1n) is 6.15. The molecular weight excluding hydrogens is 313 g/mol. The first kappa shape index (κ1) is 16.0. The predicted molar refractivity (Wildman–Crippen MR) is 79.5 cm³/mol. The van der Waals surface area contributed by atoms with Crippen molar-refractivity contribution in [3.05, 3.63) is 34.2 Å². The minimum absolute atomic E-state index is 0.00249. The molecule has 2 aromatic rings. The van der Waals surface area contributed by atoms with Crippen molar-refractivity contribution in [1.82, 2.24) is 9.97 Å². The van der Waals surface area contributed by atoms with Gasteiger partial charge in [-0.25, -0.2) is 19.2 Å². The summed E-state index contributed by atoms with van der Waals surface area (Å²) >= 11 is 5.72. The van der Waals surface area contributed by atoms with Gasteiger partial charge in [0.2, 0.25) is 0 Å². The van der Waals surface area contributed by atoms with E-state index in [0.717, 1.165) is 0 Å². The molecule has 116 valence electrons. The highest BCUT2D eigenvalue weighted by Crippen LogP contribution is 2.31. The topological polar surface area (TPSA) is 87.3 Å². The Morgan fingerprint density at radius 3 is 2.59 bits per heavy atom. The lowest BCUT2D eigenvalue weighted by Gasteiger charge is -2.12. The van der Waals surface area contributed by atoms with Gasteiger partial charge in [0.15, 0.2) is 23.1 Å². The number of benzene rings is 1. The Bertz CT molecular complexity index is 753. The van der Waals surface area contributed by atoms with Crippen molar-refractivity contribution < 1.29 is 18.7 Å². The van der Waals surface area contributed by atoms with E-state index in [0.29, 0.717) is 5.56 Å². The normalized spacial score (nSPS) is 10.4. The molecule has 22 heavy (non-hydrogen) atoms. The van der Waals surface area contributed by atoms with Crippen molar-refractivity contribution in [2.45, 2.75) is 6.92 Å². The van der Waals surface area contributed by atoms with Crippen molar-refractivity contribution in [3.8, 4) is 17.1 Å². The van der Waals surface area contributed by atoms with Crippen LogP contribution in [0.4, 0.5) is 10.2 Å². The van der Waals surface area contributed by atoms with Crippen molar-refractivity contribution in [3.63, 3.8) is 0 Å². The zero-order valence-corrected chi connectivity index (χ0v) is 12.9. The maximum atomic E-state index is 13.9. The van der Waals surface area contributed by atoms with Gasteiger partial charge < -0.3 is 15.2 Å². The first-order chi connectivity index (χ1) is 10.4. The van der Waals surface area contributed by atoms with E-state index in [2.05, 4.69) is 14.7 Å². The van der Waals surface area contributed by atoms with Crippen molar-refractivity contribution in [1.29, 1.82) is 0 Å². The molecule has 0 aliphatic carbocycles. The van der Waals surface area contributed by atoms with E-state index in [1.165, 1.54) is 27.2 Å². The second kappa shape index (κ2) is 6.15. The van der Waals surface area contributed by atoms with Gasteiger partial charge in [-0.2, -0.15) is 0 Å². The molecule has 1 aromatic carbocycles. The number of nitrogen functional groups attached to an aromatic ring is 1. The van der Waals surface area contributed by atoms with Crippen LogP contribution in [0, 0.1) is 12.7 Å². The van der Waals surface area contributed by atoms with Gasteiger partial charge in [0.1, 0.15) is 5.82 Å². The minimum atomic E-state index is -0.737. The maximum absolute atomic E-state index is 13.9. The van der Waals surface area contributed by atoms with Gasteiger partial charge in [-0.1, -0.05) is 11.6 Å². The molecule has 0 amide bonds. The fourth-order valence-corrected chi connectivity index (χ4v) is 2.12. The van der Waals surface area contributed by atoms with Crippen molar-refractivity contribution >= 4 is 23.4 Å². The van der Waals surface area contributed by atoms with E-state index in [1.807, 2.05) is 0 Å². The Kier molecular flexibility index (Phi) is 4.46. The van der Waals surface area contributed by atoms with Crippen LogP contribution in [-0.4, -0.2) is 30.2 Å². The Balaban J connectivity index is 2.70. The third kappa shape index (κ3) is 2.67. The molecular formula is C14H13ClFN3O3. The number of methoxy groups -OCH3 is 2. The number of rotatable bonds is 3. The van der Waals surface area contributed by atoms with Gasteiger partial charge in [0.25, 0.3) is 0 Å². The summed E-state index contributed by atoms with van der Waals surface area (Å²) in [5, 5.41) is -0.0177. The molecule has 0 atom stereocenters. The van der Waals surface area contributed by atoms with Gasteiger partial charge in [-0.15, -0.1) is 0 Å². The van der Waals surface area contributed by atoms with E-state index in [4.69, 9.17) is 22.1 Å². The zero-order chi connectivity index (χ0) is 16.4. The molecule has 0 spiro atoms. The molecule has 1 heterocycles. The fraction of sp³-hybridized carbons (Fsp3) is 0.214. The average molecular weight is 326 g/mol. The Labute approximate surface area is 131 Å². The summed E-state index contributed by atoms with van der Waals surface area (Å²) in [5.74, 6) is -1.30. The number of aromatic nitrogens is 2. The molecule has 0 bridgehead atoms. The summed E-state index contributed by atoms with van der Waals surface area (Å²) in [4.78, 5) is 19.9. The molecule has 0 unspecified atom stereocenters. The highest BCUT2D eigenvalue weighted by atomic mass is 35.5. The molecule has 0 aliphatic rings. The zero-order valence-electron chi connectivity index (χ0n) is 12.1.